The Kier molecular flexibility index (Phi) is 10.4. The Morgan fingerprint density at radius 2 is 1.67 bits per heavy atom. The largest absolute Gasteiger partial charge is 0.357 e. The second-order valence-corrected chi connectivity index (χ2v) is 7.86. The first-order valence-electron chi connectivity index (χ1n) is 10.9. The molecule has 0 aromatic heterocycles. The Morgan fingerprint density at radius 1 is 0.967 bits per heavy atom. The molecule has 2 aliphatic carbocycles. The van der Waals surface area contributed by atoms with E-state index in [4.69, 9.17) is 0 Å². The first kappa shape index (κ1) is 24.4. The predicted molar refractivity (Wildman–Crippen MR) is 131 cm³/mol. The smallest absolute Gasteiger partial charge is 0.227 e. The van der Waals surface area contributed by atoms with E-state index < -0.39 is 0 Å². The van der Waals surface area contributed by atoms with Crippen LogP contribution in [-0.2, 0) is 16.1 Å². The molecule has 2 fully saturated rings. The highest BCUT2D eigenvalue weighted by Gasteiger charge is 2.29. The summed E-state index contributed by atoms with van der Waals surface area (Å²) >= 11 is 0. The van der Waals surface area contributed by atoms with Crippen molar-refractivity contribution in [1.82, 2.24) is 16.0 Å². The first-order chi connectivity index (χ1) is 14.2. The molecule has 0 saturated heterocycles. The molecule has 7 nitrogen and oxygen atoms in total. The molecule has 0 heterocycles. The monoisotopic (exact) mass is 527 g/mol. The Balaban J connectivity index is 0.00000320. The summed E-state index contributed by atoms with van der Waals surface area (Å²) in [4.78, 5) is 28.6. The lowest BCUT2D eigenvalue weighted by atomic mass is 10.1. The van der Waals surface area contributed by atoms with Gasteiger partial charge in [0, 0.05) is 37.2 Å². The second-order valence-electron chi connectivity index (χ2n) is 7.86. The molecule has 2 aliphatic rings. The average Bonchev–Trinajstić information content (AvgIpc) is 3.43. The summed E-state index contributed by atoms with van der Waals surface area (Å²) in [5.41, 5.74) is 1.86. The van der Waals surface area contributed by atoms with Crippen LogP contribution >= 0.6 is 24.0 Å². The summed E-state index contributed by atoms with van der Waals surface area (Å²) in [6.07, 6.45) is 6.32. The first-order valence-corrected chi connectivity index (χ1v) is 10.9. The van der Waals surface area contributed by atoms with Crippen LogP contribution < -0.4 is 21.3 Å². The summed E-state index contributed by atoms with van der Waals surface area (Å²) in [6, 6.07) is 7.86. The van der Waals surface area contributed by atoms with Crippen molar-refractivity contribution in [3.8, 4) is 0 Å². The van der Waals surface area contributed by atoms with Crippen molar-refractivity contribution in [1.29, 1.82) is 0 Å². The number of nitrogens with one attached hydrogen (secondary N) is 4. The van der Waals surface area contributed by atoms with Crippen LogP contribution in [0.25, 0.3) is 0 Å². The number of carbonyl (C=O) groups is 2. The summed E-state index contributed by atoms with van der Waals surface area (Å²) in [7, 11) is 0. The van der Waals surface area contributed by atoms with Gasteiger partial charge in [-0.05, 0) is 50.3 Å². The quantitative estimate of drug-likeness (QED) is 0.172. The van der Waals surface area contributed by atoms with Gasteiger partial charge in [-0.2, -0.15) is 0 Å². The van der Waals surface area contributed by atoms with Crippen LogP contribution in [0, 0.1) is 11.8 Å². The zero-order valence-electron chi connectivity index (χ0n) is 17.7. The van der Waals surface area contributed by atoms with E-state index in [0.717, 1.165) is 56.3 Å². The molecule has 30 heavy (non-hydrogen) atoms. The van der Waals surface area contributed by atoms with Gasteiger partial charge in [-0.15, -0.1) is 24.0 Å². The lowest BCUT2D eigenvalue weighted by Gasteiger charge is -2.13. The molecule has 0 atom stereocenters. The van der Waals surface area contributed by atoms with Gasteiger partial charge in [0.25, 0.3) is 0 Å². The number of anilines is 1. The number of hydrogen-bond acceptors (Lipinski definition) is 3. The van der Waals surface area contributed by atoms with Crippen LogP contribution in [0.1, 0.15) is 51.0 Å². The number of rotatable bonds is 9. The molecular formula is C22H34IN5O2. The number of guanidine groups is 1. The molecule has 0 spiro atoms. The fourth-order valence-corrected chi connectivity index (χ4v) is 3.55. The van der Waals surface area contributed by atoms with E-state index >= 15 is 0 Å². The van der Waals surface area contributed by atoms with Crippen molar-refractivity contribution < 1.29 is 9.59 Å². The molecule has 1 aromatic rings. The molecule has 0 bridgehead atoms. The van der Waals surface area contributed by atoms with Crippen molar-refractivity contribution in [2.45, 2.75) is 52.0 Å². The van der Waals surface area contributed by atoms with Crippen molar-refractivity contribution >= 4 is 47.4 Å². The maximum absolute atomic E-state index is 12.3. The molecule has 1 aromatic carbocycles. The lowest BCUT2D eigenvalue weighted by molar-refractivity contribution is -0.122. The minimum Gasteiger partial charge on any atom is -0.357 e. The maximum Gasteiger partial charge on any atom is 0.227 e. The van der Waals surface area contributed by atoms with Crippen LogP contribution in [0.2, 0.25) is 0 Å². The standard InChI is InChI=1S/C22H33N5O2.HI/c1-2-23-22(25-13-12-24-20(28)18-10-11-18)26-15-16-6-5-9-19(14-16)27-21(29)17-7-3-4-8-17;/h5-6,9,14,17-18H,2-4,7-8,10-13,15H2,1H3,(H,24,28)(H,27,29)(H2,23,25,26);1H. The molecule has 2 amide bonds. The molecule has 0 unspecified atom stereocenters. The van der Waals surface area contributed by atoms with Crippen LogP contribution in [0.4, 0.5) is 5.69 Å². The van der Waals surface area contributed by atoms with Crippen LogP contribution in [0.15, 0.2) is 29.3 Å². The molecule has 2 saturated carbocycles. The minimum atomic E-state index is 0. The SMILES string of the molecule is CCNC(=NCc1cccc(NC(=O)C2CCCC2)c1)NCCNC(=O)C1CC1.I. The van der Waals surface area contributed by atoms with Gasteiger partial charge < -0.3 is 21.3 Å². The average molecular weight is 527 g/mol. The number of benzene rings is 1. The highest BCUT2D eigenvalue weighted by molar-refractivity contribution is 14.0. The van der Waals surface area contributed by atoms with Crippen LogP contribution in [-0.4, -0.2) is 37.4 Å². The van der Waals surface area contributed by atoms with Gasteiger partial charge in [0.15, 0.2) is 5.96 Å². The fraction of sp³-hybridized carbons (Fsp3) is 0.591. The van der Waals surface area contributed by atoms with E-state index in [1.165, 1.54) is 0 Å². The topological polar surface area (TPSA) is 94.6 Å². The normalized spacial score (nSPS) is 16.5. The molecular weight excluding hydrogens is 493 g/mol. The van der Waals surface area contributed by atoms with Gasteiger partial charge in [-0.3, -0.25) is 9.59 Å². The van der Waals surface area contributed by atoms with Crippen molar-refractivity contribution in [2.24, 2.45) is 16.8 Å². The zero-order valence-corrected chi connectivity index (χ0v) is 20.0. The zero-order chi connectivity index (χ0) is 20.5. The summed E-state index contributed by atoms with van der Waals surface area (Å²) in [5, 5.41) is 12.4. The van der Waals surface area contributed by atoms with Gasteiger partial charge in [-0.25, -0.2) is 4.99 Å². The number of carbonyl (C=O) groups excluding carboxylic acids is 2. The Bertz CT molecular complexity index is 730. The van der Waals surface area contributed by atoms with Gasteiger partial charge in [0.1, 0.15) is 0 Å². The molecule has 0 aliphatic heterocycles. The van der Waals surface area contributed by atoms with Gasteiger partial charge in [-0.1, -0.05) is 25.0 Å². The number of nitrogens with zero attached hydrogens (tertiary/aromatic N) is 1. The van der Waals surface area contributed by atoms with E-state index in [9.17, 15) is 9.59 Å². The lowest BCUT2D eigenvalue weighted by Crippen LogP contribution is -2.41. The summed E-state index contributed by atoms with van der Waals surface area (Å²) < 4.78 is 0. The van der Waals surface area contributed by atoms with Crippen molar-refractivity contribution in [2.75, 3.05) is 25.0 Å². The van der Waals surface area contributed by atoms with Crippen molar-refractivity contribution in [3.05, 3.63) is 29.8 Å². The Morgan fingerprint density at radius 3 is 2.37 bits per heavy atom. The summed E-state index contributed by atoms with van der Waals surface area (Å²) in [5.74, 6) is 1.39. The predicted octanol–water partition coefficient (Wildman–Crippen LogP) is 3.01. The molecule has 3 rings (SSSR count). The highest BCUT2D eigenvalue weighted by atomic mass is 127. The van der Waals surface area contributed by atoms with Gasteiger partial charge >= 0.3 is 0 Å². The highest BCUT2D eigenvalue weighted by Crippen LogP contribution is 2.28. The van der Waals surface area contributed by atoms with E-state index in [0.29, 0.717) is 25.6 Å². The number of amides is 2. The van der Waals surface area contributed by atoms with E-state index in [2.05, 4.69) is 26.3 Å². The fourth-order valence-electron chi connectivity index (χ4n) is 3.55. The number of hydrogen-bond donors (Lipinski definition) is 4. The second kappa shape index (κ2) is 12.8. The molecule has 4 N–H and O–H groups in total. The van der Waals surface area contributed by atoms with E-state index in [-0.39, 0.29) is 47.6 Å². The third-order valence-corrected chi connectivity index (χ3v) is 5.35. The van der Waals surface area contributed by atoms with Crippen LogP contribution in [0.3, 0.4) is 0 Å². The van der Waals surface area contributed by atoms with Gasteiger partial charge in [0.05, 0.1) is 6.54 Å². The third kappa shape index (κ3) is 8.12. The molecule has 0 radical (unpaired) electrons. The molecule has 8 heteroatoms. The maximum atomic E-state index is 12.3. The Hall–Kier alpha value is -1.84. The number of aliphatic imine (C=N–C) groups is 1. The van der Waals surface area contributed by atoms with Gasteiger partial charge in [0.2, 0.25) is 11.8 Å². The minimum absolute atomic E-state index is 0. The van der Waals surface area contributed by atoms with Crippen LogP contribution in [0.5, 0.6) is 0 Å². The van der Waals surface area contributed by atoms with Crippen molar-refractivity contribution in [3.63, 3.8) is 0 Å². The third-order valence-electron chi connectivity index (χ3n) is 5.35. The Labute approximate surface area is 196 Å². The van der Waals surface area contributed by atoms with E-state index in [1.807, 2.05) is 31.2 Å². The summed E-state index contributed by atoms with van der Waals surface area (Å²) in [6.45, 7) is 4.50. The number of halogens is 1. The molecule has 166 valence electrons. The van der Waals surface area contributed by atoms with E-state index in [1.54, 1.807) is 0 Å².